The minimum absolute atomic E-state index is 0.141. The number of aromatic hydroxyl groups is 1. The number of hydrogen-bond acceptors (Lipinski definition) is 4. The van der Waals surface area contributed by atoms with Gasteiger partial charge < -0.3 is 9.84 Å². The Morgan fingerprint density at radius 2 is 1.44 bits per heavy atom. The number of phenols is 1. The van der Waals surface area contributed by atoms with Crippen molar-refractivity contribution in [3.63, 3.8) is 0 Å². The molecule has 0 fully saturated rings. The minimum Gasteiger partial charge on any atom is -0.507 e. The van der Waals surface area contributed by atoms with Crippen molar-refractivity contribution in [2.75, 3.05) is 7.11 Å². The van der Waals surface area contributed by atoms with Crippen LogP contribution in [0.1, 0.15) is 39.2 Å². The molecule has 0 amide bonds. The van der Waals surface area contributed by atoms with Gasteiger partial charge in [-0.15, -0.1) is 0 Å². The van der Waals surface area contributed by atoms with E-state index in [2.05, 4.69) is 17.9 Å². The standard InChI is InChI=1S/C38H30N2O3/c1-24-19-27(9-10-28-11-14-31-23-32(43-4)16-15-30(31)22-28)12-17-35(24)40-36(39-34-8-6-5-7-33(34)38(40)42)18-13-29-20-25(2)37(41)26(3)21-29/h5-8,11-23,41H,1-4H3/b18-13+. The lowest BCUT2D eigenvalue weighted by molar-refractivity contribution is 0.415. The Morgan fingerprint density at radius 1 is 0.767 bits per heavy atom. The molecule has 0 radical (unpaired) electrons. The highest BCUT2D eigenvalue weighted by atomic mass is 16.5. The van der Waals surface area contributed by atoms with Gasteiger partial charge in [-0.2, -0.15) is 0 Å². The van der Waals surface area contributed by atoms with Gasteiger partial charge in [0.2, 0.25) is 0 Å². The smallest absolute Gasteiger partial charge is 0.266 e. The van der Waals surface area contributed by atoms with Crippen molar-refractivity contribution < 1.29 is 9.84 Å². The quantitative estimate of drug-likeness (QED) is 0.223. The maximum absolute atomic E-state index is 13.8. The molecule has 1 aromatic heterocycles. The zero-order valence-corrected chi connectivity index (χ0v) is 24.5. The first kappa shape index (κ1) is 27.6. The highest BCUT2D eigenvalue weighted by molar-refractivity contribution is 5.85. The second-order valence-corrected chi connectivity index (χ2v) is 10.6. The third kappa shape index (κ3) is 5.51. The number of fused-ring (bicyclic) bond motifs is 2. The molecule has 0 unspecified atom stereocenters. The molecule has 0 saturated heterocycles. The lowest BCUT2D eigenvalue weighted by Crippen LogP contribution is -2.23. The Bertz CT molecular complexity index is 2170. The summed E-state index contributed by atoms with van der Waals surface area (Å²) in [6.45, 7) is 5.72. The summed E-state index contributed by atoms with van der Waals surface area (Å²) in [5, 5.41) is 12.9. The molecule has 0 aliphatic rings. The molecule has 5 aromatic carbocycles. The van der Waals surface area contributed by atoms with E-state index in [-0.39, 0.29) is 11.3 Å². The molecule has 0 aliphatic carbocycles. The van der Waals surface area contributed by atoms with E-state index >= 15 is 0 Å². The normalized spacial score (nSPS) is 11.2. The van der Waals surface area contributed by atoms with E-state index in [0.717, 1.165) is 55.6 Å². The number of para-hydroxylation sites is 1. The number of phenolic OH excluding ortho intramolecular Hbond substituents is 1. The van der Waals surface area contributed by atoms with Crippen LogP contribution in [0.4, 0.5) is 0 Å². The molecule has 1 heterocycles. The van der Waals surface area contributed by atoms with E-state index < -0.39 is 0 Å². The average Bonchev–Trinajstić information content (AvgIpc) is 3.01. The predicted octanol–water partition coefficient (Wildman–Crippen LogP) is 7.75. The van der Waals surface area contributed by atoms with Crippen molar-refractivity contribution in [3.8, 4) is 29.0 Å². The fourth-order valence-electron chi connectivity index (χ4n) is 5.31. The van der Waals surface area contributed by atoms with Gasteiger partial charge in [0.1, 0.15) is 17.3 Å². The van der Waals surface area contributed by atoms with Crippen LogP contribution in [0.5, 0.6) is 11.5 Å². The number of rotatable bonds is 4. The Balaban J connectivity index is 1.39. The first-order valence-electron chi connectivity index (χ1n) is 14.0. The molecule has 6 aromatic rings. The van der Waals surface area contributed by atoms with Gasteiger partial charge >= 0.3 is 0 Å². The van der Waals surface area contributed by atoms with Crippen LogP contribution in [-0.4, -0.2) is 21.8 Å². The molecule has 0 bridgehead atoms. The summed E-state index contributed by atoms with van der Waals surface area (Å²) in [5.41, 5.74) is 6.41. The molecular weight excluding hydrogens is 532 g/mol. The van der Waals surface area contributed by atoms with Crippen molar-refractivity contribution in [3.05, 3.63) is 141 Å². The number of aromatic nitrogens is 2. The van der Waals surface area contributed by atoms with Gasteiger partial charge in [-0.05, 0) is 127 Å². The molecule has 5 nitrogen and oxygen atoms in total. The van der Waals surface area contributed by atoms with Crippen LogP contribution in [0.2, 0.25) is 0 Å². The average molecular weight is 563 g/mol. The second-order valence-electron chi connectivity index (χ2n) is 10.6. The zero-order valence-electron chi connectivity index (χ0n) is 24.5. The summed E-state index contributed by atoms with van der Waals surface area (Å²) in [6.07, 6.45) is 3.77. The molecule has 0 aliphatic heterocycles. The number of nitrogens with zero attached hydrogens (tertiary/aromatic N) is 2. The van der Waals surface area contributed by atoms with E-state index in [4.69, 9.17) is 9.72 Å². The number of benzene rings is 5. The molecule has 0 atom stereocenters. The molecule has 210 valence electrons. The highest BCUT2D eigenvalue weighted by Crippen LogP contribution is 2.25. The Morgan fingerprint density at radius 3 is 2.19 bits per heavy atom. The summed E-state index contributed by atoms with van der Waals surface area (Å²) in [5.74, 6) is 8.18. The molecule has 0 saturated carbocycles. The summed E-state index contributed by atoms with van der Waals surface area (Å²) < 4.78 is 6.98. The first-order valence-corrected chi connectivity index (χ1v) is 14.0. The van der Waals surface area contributed by atoms with Crippen LogP contribution in [0, 0.1) is 32.6 Å². The van der Waals surface area contributed by atoms with E-state index in [1.54, 1.807) is 17.7 Å². The number of methoxy groups -OCH3 is 1. The summed E-state index contributed by atoms with van der Waals surface area (Å²) in [7, 11) is 1.66. The Hall–Kier alpha value is -5.60. The van der Waals surface area contributed by atoms with E-state index in [0.29, 0.717) is 16.7 Å². The largest absolute Gasteiger partial charge is 0.507 e. The Kier molecular flexibility index (Phi) is 7.27. The van der Waals surface area contributed by atoms with E-state index in [1.807, 2.05) is 112 Å². The van der Waals surface area contributed by atoms with Crippen molar-refractivity contribution >= 4 is 33.8 Å². The van der Waals surface area contributed by atoms with Crippen molar-refractivity contribution in [2.24, 2.45) is 0 Å². The molecule has 5 heteroatoms. The molecule has 43 heavy (non-hydrogen) atoms. The lowest BCUT2D eigenvalue weighted by Gasteiger charge is -2.14. The van der Waals surface area contributed by atoms with E-state index in [1.165, 1.54) is 0 Å². The monoisotopic (exact) mass is 562 g/mol. The van der Waals surface area contributed by atoms with Gasteiger partial charge in [-0.1, -0.05) is 42.2 Å². The van der Waals surface area contributed by atoms with Crippen LogP contribution >= 0.6 is 0 Å². The molecular formula is C38H30N2O3. The zero-order chi connectivity index (χ0) is 30.1. The van der Waals surface area contributed by atoms with E-state index in [9.17, 15) is 9.90 Å². The third-order valence-corrected chi connectivity index (χ3v) is 7.58. The van der Waals surface area contributed by atoms with Crippen LogP contribution in [0.3, 0.4) is 0 Å². The maximum atomic E-state index is 13.8. The van der Waals surface area contributed by atoms with Crippen LogP contribution in [0.15, 0.2) is 95.8 Å². The molecule has 1 N–H and O–H groups in total. The maximum Gasteiger partial charge on any atom is 0.266 e. The Labute approximate surface area is 250 Å². The van der Waals surface area contributed by atoms with Gasteiger partial charge in [0, 0.05) is 11.1 Å². The van der Waals surface area contributed by atoms with Crippen LogP contribution in [-0.2, 0) is 0 Å². The molecule has 6 rings (SSSR count). The van der Waals surface area contributed by atoms with Crippen molar-refractivity contribution in [2.45, 2.75) is 20.8 Å². The summed E-state index contributed by atoms with van der Waals surface area (Å²) in [4.78, 5) is 18.7. The van der Waals surface area contributed by atoms with Crippen LogP contribution in [0.25, 0.3) is 39.5 Å². The fourth-order valence-corrected chi connectivity index (χ4v) is 5.31. The molecule has 0 spiro atoms. The summed E-state index contributed by atoms with van der Waals surface area (Å²) >= 11 is 0. The fraction of sp³-hybridized carbons (Fsp3) is 0.105. The highest BCUT2D eigenvalue weighted by Gasteiger charge is 2.13. The van der Waals surface area contributed by atoms with Crippen molar-refractivity contribution in [1.82, 2.24) is 9.55 Å². The van der Waals surface area contributed by atoms with Gasteiger partial charge in [-0.25, -0.2) is 4.98 Å². The van der Waals surface area contributed by atoms with Gasteiger partial charge in [-0.3, -0.25) is 9.36 Å². The first-order chi connectivity index (χ1) is 20.8. The number of hydrogen-bond donors (Lipinski definition) is 1. The second kappa shape index (κ2) is 11.3. The van der Waals surface area contributed by atoms with Gasteiger partial charge in [0.05, 0.1) is 23.7 Å². The number of aryl methyl sites for hydroxylation is 3. The van der Waals surface area contributed by atoms with Crippen LogP contribution < -0.4 is 10.3 Å². The number of ether oxygens (including phenoxy) is 1. The summed E-state index contributed by atoms with van der Waals surface area (Å²) in [6, 6.07) is 29.2. The van der Waals surface area contributed by atoms with Gasteiger partial charge in [0.15, 0.2) is 0 Å². The third-order valence-electron chi connectivity index (χ3n) is 7.58. The minimum atomic E-state index is -0.141. The van der Waals surface area contributed by atoms with Gasteiger partial charge in [0.25, 0.3) is 5.56 Å². The lowest BCUT2D eigenvalue weighted by atomic mass is 10.1. The topological polar surface area (TPSA) is 64.3 Å². The van der Waals surface area contributed by atoms with Crippen molar-refractivity contribution in [1.29, 1.82) is 0 Å². The SMILES string of the molecule is COc1ccc2cc(C#Cc3ccc(-n4c(/C=C/c5cc(C)c(O)c(C)c5)nc5ccccc5c4=O)c(C)c3)ccc2c1. The predicted molar refractivity (Wildman–Crippen MR) is 175 cm³/mol.